The molecule has 0 amide bonds. The number of aliphatic hydroxyl groups excluding tert-OH is 2. The molecule has 0 spiro atoms. The van der Waals surface area contributed by atoms with Gasteiger partial charge < -0.3 is 14.8 Å². The van der Waals surface area contributed by atoms with Crippen LogP contribution in [0.1, 0.15) is 5.82 Å². The standard InChI is InChI=1S/C11H14N2O2/c14-7-5-11-12-9-3-1-2-4-10(9)13(11)6-8-15/h1-4,14-15H,5-8H2. The number of hydrogen-bond acceptors (Lipinski definition) is 3. The second-order valence-corrected chi connectivity index (χ2v) is 3.37. The maximum Gasteiger partial charge on any atom is 0.112 e. The summed E-state index contributed by atoms with van der Waals surface area (Å²) in [6.45, 7) is 0.684. The molecule has 0 radical (unpaired) electrons. The maximum absolute atomic E-state index is 8.98. The molecule has 0 aliphatic heterocycles. The molecule has 0 aliphatic rings. The van der Waals surface area contributed by atoms with E-state index in [4.69, 9.17) is 10.2 Å². The van der Waals surface area contributed by atoms with Gasteiger partial charge >= 0.3 is 0 Å². The highest BCUT2D eigenvalue weighted by Gasteiger charge is 2.08. The molecule has 1 aromatic heterocycles. The average Bonchev–Trinajstić information content (AvgIpc) is 2.59. The summed E-state index contributed by atoms with van der Waals surface area (Å²) in [4.78, 5) is 4.41. The Balaban J connectivity index is 2.53. The highest BCUT2D eigenvalue weighted by molar-refractivity contribution is 5.75. The third kappa shape index (κ3) is 1.86. The van der Waals surface area contributed by atoms with Gasteiger partial charge in [0, 0.05) is 13.0 Å². The summed E-state index contributed by atoms with van der Waals surface area (Å²) >= 11 is 0. The van der Waals surface area contributed by atoms with Crippen molar-refractivity contribution in [3.05, 3.63) is 30.1 Å². The fourth-order valence-corrected chi connectivity index (χ4v) is 1.77. The summed E-state index contributed by atoms with van der Waals surface area (Å²) in [5.74, 6) is 0.827. The molecule has 80 valence electrons. The lowest BCUT2D eigenvalue weighted by atomic mass is 10.3. The first kappa shape index (κ1) is 10.1. The number of nitrogens with zero attached hydrogens (tertiary/aromatic N) is 2. The summed E-state index contributed by atoms with van der Waals surface area (Å²) in [6.07, 6.45) is 0.523. The number of aliphatic hydroxyl groups is 2. The summed E-state index contributed by atoms with van der Waals surface area (Å²) < 4.78 is 1.95. The minimum atomic E-state index is 0.0781. The van der Waals surface area contributed by atoms with E-state index in [-0.39, 0.29) is 13.2 Å². The normalized spacial score (nSPS) is 11.1. The lowest BCUT2D eigenvalue weighted by Gasteiger charge is -2.05. The van der Waals surface area contributed by atoms with Crippen molar-refractivity contribution in [2.24, 2.45) is 0 Å². The molecular weight excluding hydrogens is 192 g/mol. The third-order valence-corrected chi connectivity index (χ3v) is 2.39. The molecule has 2 rings (SSSR count). The third-order valence-electron chi connectivity index (χ3n) is 2.39. The Bertz CT molecular complexity index is 451. The second-order valence-electron chi connectivity index (χ2n) is 3.37. The molecule has 0 unspecified atom stereocenters. The van der Waals surface area contributed by atoms with Crippen LogP contribution in [0.4, 0.5) is 0 Å². The van der Waals surface area contributed by atoms with Gasteiger partial charge in [0.1, 0.15) is 5.82 Å². The van der Waals surface area contributed by atoms with Gasteiger partial charge in [-0.2, -0.15) is 0 Å². The van der Waals surface area contributed by atoms with Crippen LogP contribution in [0.2, 0.25) is 0 Å². The maximum atomic E-state index is 8.98. The van der Waals surface area contributed by atoms with Crippen LogP contribution in [0, 0.1) is 0 Å². The molecule has 0 aliphatic carbocycles. The fourth-order valence-electron chi connectivity index (χ4n) is 1.77. The summed E-state index contributed by atoms with van der Waals surface area (Å²) in [5, 5.41) is 17.9. The van der Waals surface area contributed by atoms with E-state index in [0.717, 1.165) is 16.9 Å². The van der Waals surface area contributed by atoms with Crippen molar-refractivity contribution in [3.63, 3.8) is 0 Å². The van der Waals surface area contributed by atoms with E-state index in [1.165, 1.54) is 0 Å². The SMILES string of the molecule is OCCc1nc2ccccc2n1CCO. The van der Waals surface area contributed by atoms with E-state index < -0.39 is 0 Å². The first-order valence-corrected chi connectivity index (χ1v) is 5.02. The van der Waals surface area contributed by atoms with Crippen LogP contribution < -0.4 is 0 Å². The van der Waals surface area contributed by atoms with E-state index in [2.05, 4.69) is 4.98 Å². The van der Waals surface area contributed by atoms with Gasteiger partial charge in [0.15, 0.2) is 0 Å². The number of aromatic nitrogens is 2. The predicted octanol–water partition coefficient (Wildman–Crippen LogP) is 0.563. The van der Waals surface area contributed by atoms with Crippen LogP contribution in [0.5, 0.6) is 0 Å². The molecule has 0 saturated heterocycles. The highest BCUT2D eigenvalue weighted by Crippen LogP contribution is 2.15. The Hall–Kier alpha value is -1.39. The Morgan fingerprint density at radius 1 is 1.13 bits per heavy atom. The van der Waals surface area contributed by atoms with E-state index in [1.807, 2.05) is 28.8 Å². The smallest absolute Gasteiger partial charge is 0.112 e. The molecule has 0 atom stereocenters. The van der Waals surface area contributed by atoms with Gasteiger partial charge in [0.05, 0.1) is 24.2 Å². The van der Waals surface area contributed by atoms with Crippen molar-refractivity contribution in [2.75, 3.05) is 13.2 Å². The van der Waals surface area contributed by atoms with E-state index >= 15 is 0 Å². The Morgan fingerprint density at radius 2 is 1.93 bits per heavy atom. The number of benzene rings is 1. The number of imidazole rings is 1. The Labute approximate surface area is 87.8 Å². The molecule has 0 bridgehead atoms. The summed E-state index contributed by atoms with van der Waals surface area (Å²) in [7, 11) is 0. The van der Waals surface area contributed by atoms with Crippen LogP contribution in [-0.2, 0) is 13.0 Å². The Kier molecular flexibility index (Phi) is 2.99. The predicted molar refractivity (Wildman–Crippen MR) is 57.6 cm³/mol. The van der Waals surface area contributed by atoms with Crippen LogP contribution in [-0.4, -0.2) is 33.0 Å². The zero-order valence-electron chi connectivity index (χ0n) is 8.43. The largest absolute Gasteiger partial charge is 0.396 e. The lowest BCUT2D eigenvalue weighted by Crippen LogP contribution is -2.08. The fraction of sp³-hybridized carbons (Fsp3) is 0.364. The van der Waals surface area contributed by atoms with Crippen molar-refractivity contribution >= 4 is 11.0 Å². The number of hydrogen-bond donors (Lipinski definition) is 2. The molecule has 4 heteroatoms. The van der Waals surface area contributed by atoms with Gasteiger partial charge in [-0.05, 0) is 12.1 Å². The molecule has 1 heterocycles. The summed E-state index contributed by atoms with van der Waals surface area (Å²) in [6, 6.07) is 7.78. The van der Waals surface area contributed by atoms with Crippen molar-refractivity contribution in [2.45, 2.75) is 13.0 Å². The molecule has 1 aromatic carbocycles. The van der Waals surface area contributed by atoms with E-state index in [1.54, 1.807) is 0 Å². The van der Waals surface area contributed by atoms with Crippen LogP contribution in [0.15, 0.2) is 24.3 Å². The van der Waals surface area contributed by atoms with Gasteiger partial charge in [-0.3, -0.25) is 0 Å². The molecule has 2 aromatic rings. The van der Waals surface area contributed by atoms with Crippen LogP contribution in [0.3, 0.4) is 0 Å². The Morgan fingerprint density at radius 3 is 2.67 bits per heavy atom. The van der Waals surface area contributed by atoms with Crippen molar-refractivity contribution in [1.82, 2.24) is 9.55 Å². The first-order chi connectivity index (χ1) is 7.36. The van der Waals surface area contributed by atoms with Crippen LogP contribution in [0.25, 0.3) is 11.0 Å². The van der Waals surface area contributed by atoms with Gasteiger partial charge in [-0.1, -0.05) is 12.1 Å². The minimum Gasteiger partial charge on any atom is -0.396 e. The lowest BCUT2D eigenvalue weighted by molar-refractivity contribution is 0.269. The second kappa shape index (κ2) is 4.42. The number of fused-ring (bicyclic) bond motifs is 1. The van der Waals surface area contributed by atoms with Crippen molar-refractivity contribution in [3.8, 4) is 0 Å². The molecular formula is C11H14N2O2. The van der Waals surface area contributed by atoms with Gasteiger partial charge in [0.25, 0.3) is 0 Å². The first-order valence-electron chi connectivity index (χ1n) is 5.02. The quantitative estimate of drug-likeness (QED) is 0.768. The number of rotatable bonds is 4. The molecule has 4 nitrogen and oxygen atoms in total. The summed E-state index contributed by atoms with van der Waals surface area (Å²) in [5.41, 5.74) is 1.92. The minimum absolute atomic E-state index is 0.0781. The average molecular weight is 206 g/mol. The van der Waals surface area contributed by atoms with Gasteiger partial charge in [-0.15, -0.1) is 0 Å². The molecule has 0 saturated carbocycles. The number of para-hydroxylation sites is 2. The van der Waals surface area contributed by atoms with E-state index in [9.17, 15) is 0 Å². The van der Waals surface area contributed by atoms with Gasteiger partial charge in [-0.25, -0.2) is 4.98 Å². The van der Waals surface area contributed by atoms with Crippen molar-refractivity contribution < 1.29 is 10.2 Å². The monoisotopic (exact) mass is 206 g/mol. The van der Waals surface area contributed by atoms with E-state index in [0.29, 0.717) is 13.0 Å². The van der Waals surface area contributed by atoms with Crippen molar-refractivity contribution in [1.29, 1.82) is 0 Å². The zero-order chi connectivity index (χ0) is 10.7. The molecule has 15 heavy (non-hydrogen) atoms. The topological polar surface area (TPSA) is 58.3 Å². The van der Waals surface area contributed by atoms with Gasteiger partial charge in [0.2, 0.25) is 0 Å². The zero-order valence-corrected chi connectivity index (χ0v) is 8.43. The molecule has 2 N–H and O–H groups in total. The highest BCUT2D eigenvalue weighted by atomic mass is 16.3. The van der Waals surface area contributed by atoms with Crippen LogP contribution >= 0.6 is 0 Å². The molecule has 0 fully saturated rings.